The number of anilines is 2. The van der Waals surface area contributed by atoms with Gasteiger partial charge in [0.1, 0.15) is 5.69 Å². The third-order valence-corrected chi connectivity index (χ3v) is 5.17. The molecular formula is C24H16F6N4O. The van der Waals surface area contributed by atoms with Crippen LogP contribution in [0.15, 0.2) is 66.9 Å². The number of fused-ring (bicyclic) bond motifs is 1. The summed E-state index contributed by atoms with van der Waals surface area (Å²) in [6, 6.07) is 12.1. The Bertz CT molecular complexity index is 1400. The molecule has 2 N–H and O–H groups in total. The largest absolute Gasteiger partial charge is 0.418 e. The van der Waals surface area contributed by atoms with Crippen molar-refractivity contribution in [1.82, 2.24) is 15.3 Å². The number of nitrogens with one attached hydrogen (secondary N) is 2. The molecule has 180 valence electrons. The SMILES string of the molecule is CNC(=O)c1ccc(C(F)(F)F)c(-c2ccc3c(Nc4ccc(C(F)(F)F)cc4)ccnc3c2)n1. The van der Waals surface area contributed by atoms with E-state index in [1.807, 2.05) is 0 Å². The average Bonchev–Trinajstić information content (AvgIpc) is 2.82. The van der Waals surface area contributed by atoms with Crippen molar-refractivity contribution in [3.63, 3.8) is 0 Å². The van der Waals surface area contributed by atoms with Crippen LogP contribution in [-0.2, 0) is 12.4 Å². The van der Waals surface area contributed by atoms with E-state index in [1.165, 1.54) is 43.6 Å². The first-order chi connectivity index (χ1) is 16.5. The van der Waals surface area contributed by atoms with Gasteiger partial charge >= 0.3 is 12.4 Å². The highest BCUT2D eigenvalue weighted by atomic mass is 19.4. The molecule has 2 heterocycles. The monoisotopic (exact) mass is 490 g/mol. The van der Waals surface area contributed by atoms with Gasteiger partial charge in [0.05, 0.1) is 22.3 Å². The Morgan fingerprint density at radius 1 is 0.857 bits per heavy atom. The number of pyridine rings is 2. The lowest BCUT2D eigenvalue weighted by Gasteiger charge is -2.15. The van der Waals surface area contributed by atoms with Gasteiger partial charge in [-0.1, -0.05) is 12.1 Å². The van der Waals surface area contributed by atoms with Gasteiger partial charge < -0.3 is 10.6 Å². The van der Waals surface area contributed by atoms with E-state index < -0.39 is 35.1 Å². The van der Waals surface area contributed by atoms with Crippen molar-refractivity contribution in [2.24, 2.45) is 0 Å². The van der Waals surface area contributed by atoms with Crippen LogP contribution in [-0.4, -0.2) is 22.9 Å². The van der Waals surface area contributed by atoms with Crippen LogP contribution in [0, 0.1) is 0 Å². The summed E-state index contributed by atoms with van der Waals surface area (Å²) < 4.78 is 79.3. The van der Waals surface area contributed by atoms with E-state index in [0.717, 1.165) is 24.3 Å². The van der Waals surface area contributed by atoms with E-state index in [4.69, 9.17) is 0 Å². The minimum absolute atomic E-state index is 0.0924. The summed E-state index contributed by atoms with van der Waals surface area (Å²) >= 11 is 0. The Hall–Kier alpha value is -4.15. The highest BCUT2D eigenvalue weighted by Gasteiger charge is 2.35. The molecule has 0 spiro atoms. The molecule has 0 atom stereocenters. The van der Waals surface area contributed by atoms with Gasteiger partial charge in [-0.05, 0) is 48.5 Å². The minimum atomic E-state index is -4.71. The number of hydrogen-bond acceptors (Lipinski definition) is 4. The number of hydrogen-bond donors (Lipinski definition) is 2. The molecule has 5 nitrogen and oxygen atoms in total. The lowest BCUT2D eigenvalue weighted by Crippen LogP contribution is -2.20. The fraction of sp³-hybridized carbons (Fsp3) is 0.125. The van der Waals surface area contributed by atoms with E-state index in [-0.39, 0.29) is 11.3 Å². The minimum Gasteiger partial charge on any atom is -0.355 e. The normalized spacial score (nSPS) is 12.0. The number of rotatable bonds is 4. The average molecular weight is 490 g/mol. The molecule has 0 unspecified atom stereocenters. The molecule has 0 saturated heterocycles. The van der Waals surface area contributed by atoms with Crippen LogP contribution in [0.3, 0.4) is 0 Å². The first kappa shape index (κ1) is 24.0. The maximum atomic E-state index is 13.6. The summed E-state index contributed by atoms with van der Waals surface area (Å²) in [6.07, 6.45) is -7.76. The summed E-state index contributed by atoms with van der Waals surface area (Å²) in [7, 11) is 1.34. The van der Waals surface area contributed by atoms with Crippen LogP contribution in [0.4, 0.5) is 37.7 Å². The summed E-state index contributed by atoms with van der Waals surface area (Å²) in [4.78, 5) is 20.1. The second-order valence-corrected chi connectivity index (χ2v) is 7.46. The van der Waals surface area contributed by atoms with Crippen LogP contribution < -0.4 is 10.6 Å². The van der Waals surface area contributed by atoms with Crippen LogP contribution in [0.1, 0.15) is 21.6 Å². The number of aromatic nitrogens is 2. The van der Waals surface area contributed by atoms with Crippen molar-refractivity contribution in [3.8, 4) is 11.3 Å². The Morgan fingerprint density at radius 3 is 2.20 bits per heavy atom. The predicted octanol–water partition coefficient (Wildman–Crippen LogP) is 6.44. The number of carbonyl (C=O) groups excluding carboxylic acids is 1. The molecular weight excluding hydrogens is 474 g/mol. The van der Waals surface area contributed by atoms with Crippen molar-refractivity contribution in [1.29, 1.82) is 0 Å². The van der Waals surface area contributed by atoms with Gasteiger partial charge in [-0.2, -0.15) is 26.3 Å². The molecule has 2 aromatic heterocycles. The quantitative estimate of drug-likeness (QED) is 0.323. The van der Waals surface area contributed by atoms with Gasteiger partial charge in [0.25, 0.3) is 5.91 Å². The molecule has 4 rings (SSSR count). The summed E-state index contributed by atoms with van der Waals surface area (Å²) in [5.74, 6) is -0.637. The number of carbonyl (C=O) groups is 1. The number of amides is 1. The molecule has 0 fully saturated rings. The molecule has 4 aromatic rings. The third-order valence-electron chi connectivity index (χ3n) is 5.17. The van der Waals surface area contributed by atoms with Gasteiger partial charge in [-0.15, -0.1) is 0 Å². The van der Waals surface area contributed by atoms with E-state index in [0.29, 0.717) is 22.3 Å². The van der Waals surface area contributed by atoms with E-state index in [9.17, 15) is 31.1 Å². The van der Waals surface area contributed by atoms with Gasteiger partial charge in [0.2, 0.25) is 0 Å². The Labute approximate surface area is 194 Å². The standard InChI is InChI=1S/C24H16F6N4O/c1-31-22(35)19-9-8-17(24(28,29)30)21(34-19)13-2-7-16-18(10-11-32-20(16)12-13)33-15-5-3-14(4-6-15)23(25,26)27/h2-12H,1H3,(H,31,35)(H,32,33). The first-order valence-electron chi connectivity index (χ1n) is 10.1. The topological polar surface area (TPSA) is 66.9 Å². The molecule has 11 heteroatoms. The first-order valence-corrected chi connectivity index (χ1v) is 10.1. The maximum Gasteiger partial charge on any atom is 0.418 e. The zero-order chi connectivity index (χ0) is 25.4. The zero-order valence-electron chi connectivity index (χ0n) is 17.9. The van der Waals surface area contributed by atoms with Gasteiger partial charge in [0.15, 0.2) is 0 Å². The van der Waals surface area contributed by atoms with E-state index in [1.54, 1.807) is 6.07 Å². The molecule has 1 amide bonds. The summed E-state index contributed by atoms with van der Waals surface area (Å²) in [5, 5.41) is 5.84. The van der Waals surface area contributed by atoms with Gasteiger partial charge in [0, 0.05) is 35.6 Å². The molecule has 0 saturated carbocycles. The fourth-order valence-electron chi connectivity index (χ4n) is 3.46. The van der Waals surface area contributed by atoms with Gasteiger partial charge in [-0.3, -0.25) is 9.78 Å². The van der Waals surface area contributed by atoms with E-state index in [2.05, 4.69) is 20.6 Å². The zero-order valence-corrected chi connectivity index (χ0v) is 17.9. The highest BCUT2D eigenvalue weighted by molar-refractivity contribution is 5.96. The highest BCUT2D eigenvalue weighted by Crippen LogP contribution is 2.38. The van der Waals surface area contributed by atoms with Crippen LogP contribution in [0.2, 0.25) is 0 Å². The second kappa shape index (κ2) is 8.90. The molecule has 2 aromatic carbocycles. The van der Waals surface area contributed by atoms with Crippen molar-refractivity contribution < 1.29 is 31.1 Å². The molecule has 0 aliphatic heterocycles. The number of nitrogens with zero attached hydrogens (tertiary/aromatic N) is 2. The number of halogens is 6. The van der Waals surface area contributed by atoms with Crippen molar-refractivity contribution in [2.75, 3.05) is 12.4 Å². The van der Waals surface area contributed by atoms with Crippen LogP contribution in [0.5, 0.6) is 0 Å². The molecule has 0 radical (unpaired) electrons. The van der Waals surface area contributed by atoms with Crippen LogP contribution in [0.25, 0.3) is 22.2 Å². The number of benzene rings is 2. The smallest absolute Gasteiger partial charge is 0.355 e. The predicted molar refractivity (Wildman–Crippen MR) is 118 cm³/mol. The molecule has 0 bridgehead atoms. The lowest BCUT2D eigenvalue weighted by atomic mass is 10.0. The number of alkyl halides is 6. The molecule has 0 aliphatic rings. The third kappa shape index (κ3) is 5.03. The summed E-state index contributed by atoms with van der Waals surface area (Å²) in [5.41, 5.74) is -1.12. The summed E-state index contributed by atoms with van der Waals surface area (Å²) in [6.45, 7) is 0. The molecule has 35 heavy (non-hydrogen) atoms. The van der Waals surface area contributed by atoms with Crippen molar-refractivity contribution in [3.05, 3.63) is 83.7 Å². The fourth-order valence-corrected chi connectivity index (χ4v) is 3.46. The second-order valence-electron chi connectivity index (χ2n) is 7.46. The Balaban J connectivity index is 1.75. The van der Waals surface area contributed by atoms with Crippen molar-refractivity contribution >= 4 is 28.2 Å². The van der Waals surface area contributed by atoms with E-state index >= 15 is 0 Å². The molecule has 0 aliphatic carbocycles. The Morgan fingerprint density at radius 2 is 1.57 bits per heavy atom. The lowest BCUT2D eigenvalue weighted by molar-refractivity contribution is -0.138. The maximum absolute atomic E-state index is 13.6. The van der Waals surface area contributed by atoms with Gasteiger partial charge in [-0.25, -0.2) is 4.98 Å². The Kier molecular flexibility index (Phi) is 6.10. The van der Waals surface area contributed by atoms with Crippen LogP contribution >= 0.6 is 0 Å². The van der Waals surface area contributed by atoms with Crippen molar-refractivity contribution in [2.45, 2.75) is 12.4 Å².